The van der Waals surface area contributed by atoms with Gasteiger partial charge in [0.15, 0.2) is 0 Å². The molecule has 2 nitrogen and oxygen atoms in total. The van der Waals surface area contributed by atoms with E-state index >= 15 is 0 Å². The quantitative estimate of drug-likeness (QED) is 0.194. The zero-order chi connectivity index (χ0) is 24.2. The maximum Gasteiger partial charge on any atom is 0.309 e. The van der Waals surface area contributed by atoms with Crippen molar-refractivity contribution in [3.05, 3.63) is 0 Å². The molecule has 0 aromatic rings. The molecule has 0 radical (unpaired) electrons. The molecule has 0 aromatic carbocycles. The summed E-state index contributed by atoms with van der Waals surface area (Å²) in [5, 5.41) is 0. The van der Waals surface area contributed by atoms with Crippen LogP contribution < -0.4 is 0 Å². The van der Waals surface area contributed by atoms with Crippen molar-refractivity contribution in [2.24, 2.45) is 29.6 Å². The Balaban J connectivity index is 1.29. The first-order valence-corrected chi connectivity index (χ1v) is 15.4. The van der Waals surface area contributed by atoms with Crippen molar-refractivity contribution >= 4 is 5.97 Å². The third-order valence-corrected chi connectivity index (χ3v) is 9.68. The summed E-state index contributed by atoms with van der Waals surface area (Å²) >= 11 is 0. The second kappa shape index (κ2) is 15.5. The molecule has 0 aliphatic heterocycles. The highest BCUT2D eigenvalue weighted by Crippen LogP contribution is 2.43. The van der Waals surface area contributed by atoms with Gasteiger partial charge < -0.3 is 4.74 Å². The maximum atomic E-state index is 14.7. The standard InChI is InChI=1S/C31H55FO2/c1-3-5-7-8-10-11-24-13-16-26(17-14-24)27-18-20-28(21-19-27)31(33)34-30-22-15-25(23-29(30)32)12-9-6-4-2/h24-30H,3-23H2,1-2H3. The van der Waals surface area contributed by atoms with Gasteiger partial charge >= 0.3 is 5.97 Å². The first-order chi connectivity index (χ1) is 16.6. The number of alkyl halides is 1. The molecule has 198 valence electrons. The lowest BCUT2D eigenvalue weighted by Crippen LogP contribution is -2.37. The first kappa shape index (κ1) is 28.0. The Kier molecular flexibility index (Phi) is 12.8. The van der Waals surface area contributed by atoms with E-state index in [0.29, 0.717) is 12.3 Å². The third-order valence-electron chi connectivity index (χ3n) is 9.68. The number of unbranched alkanes of at least 4 members (excludes halogenated alkanes) is 6. The van der Waals surface area contributed by atoms with Crippen molar-refractivity contribution in [2.75, 3.05) is 0 Å². The minimum absolute atomic E-state index is 0.0187. The second-order valence-corrected chi connectivity index (χ2v) is 12.3. The number of rotatable bonds is 13. The number of hydrogen-bond acceptors (Lipinski definition) is 2. The van der Waals surface area contributed by atoms with Crippen LogP contribution in [0.25, 0.3) is 0 Å². The van der Waals surface area contributed by atoms with E-state index < -0.39 is 12.3 Å². The minimum atomic E-state index is -0.956. The monoisotopic (exact) mass is 478 g/mol. The summed E-state index contributed by atoms with van der Waals surface area (Å²) in [6.45, 7) is 4.50. The number of halogens is 1. The average Bonchev–Trinajstić information content (AvgIpc) is 2.86. The molecule has 34 heavy (non-hydrogen) atoms. The molecule has 0 saturated heterocycles. The molecule has 0 bridgehead atoms. The Hall–Kier alpha value is -0.600. The van der Waals surface area contributed by atoms with Crippen LogP contribution in [-0.2, 0) is 9.53 Å². The minimum Gasteiger partial charge on any atom is -0.459 e. The van der Waals surface area contributed by atoms with Crippen molar-refractivity contribution in [2.45, 2.75) is 161 Å². The van der Waals surface area contributed by atoms with Gasteiger partial charge in [-0.2, -0.15) is 0 Å². The van der Waals surface area contributed by atoms with Crippen molar-refractivity contribution < 1.29 is 13.9 Å². The topological polar surface area (TPSA) is 26.3 Å². The number of hydrogen-bond donors (Lipinski definition) is 0. The van der Waals surface area contributed by atoms with Crippen LogP contribution in [0.2, 0.25) is 0 Å². The predicted octanol–water partition coefficient (Wildman–Crippen LogP) is 9.59. The molecule has 3 heteroatoms. The highest BCUT2D eigenvalue weighted by atomic mass is 19.1. The van der Waals surface area contributed by atoms with Gasteiger partial charge in [0, 0.05) is 0 Å². The van der Waals surface area contributed by atoms with E-state index in [0.717, 1.165) is 49.9 Å². The summed E-state index contributed by atoms with van der Waals surface area (Å²) in [7, 11) is 0. The lowest BCUT2D eigenvalue weighted by atomic mass is 9.68. The van der Waals surface area contributed by atoms with Crippen molar-refractivity contribution in [1.29, 1.82) is 0 Å². The van der Waals surface area contributed by atoms with Crippen molar-refractivity contribution in [3.8, 4) is 0 Å². The van der Waals surface area contributed by atoms with Gasteiger partial charge in [-0.1, -0.05) is 90.9 Å². The normalized spacial score (nSPS) is 34.6. The molecule has 0 heterocycles. The lowest BCUT2D eigenvalue weighted by Gasteiger charge is -2.38. The Morgan fingerprint density at radius 1 is 0.676 bits per heavy atom. The highest BCUT2D eigenvalue weighted by Gasteiger charge is 2.37. The van der Waals surface area contributed by atoms with Gasteiger partial charge in [0.05, 0.1) is 5.92 Å². The SMILES string of the molecule is CCCCCCCC1CCC(C2CCC(C(=O)OC3CCC(CCCCC)CC3F)CC2)CC1. The number of carbonyl (C=O) groups excluding carboxylic acids is 1. The highest BCUT2D eigenvalue weighted by molar-refractivity contribution is 5.72. The van der Waals surface area contributed by atoms with E-state index in [1.54, 1.807) is 0 Å². The van der Waals surface area contributed by atoms with Crippen LogP contribution in [0.1, 0.15) is 149 Å². The van der Waals surface area contributed by atoms with E-state index in [2.05, 4.69) is 13.8 Å². The van der Waals surface area contributed by atoms with E-state index in [-0.39, 0.29) is 11.9 Å². The van der Waals surface area contributed by atoms with Crippen LogP contribution in [0, 0.1) is 29.6 Å². The molecule has 3 atom stereocenters. The molecule has 3 aliphatic carbocycles. The second-order valence-electron chi connectivity index (χ2n) is 12.3. The van der Waals surface area contributed by atoms with Crippen LogP contribution in [0.3, 0.4) is 0 Å². The molecule has 3 fully saturated rings. The van der Waals surface area contributed by atoms with Crippen molar-refractivity contribution in [1.82, 2.24) is 0 Å². The van der Waals surface area contributed by atoms with Crippen LogP contribution in [-0.4, -0.2) is 18.2 Å². The first-order valence-electron chi connectivity index (χ1n) is 15.4. The average molecular weight is 479 g/mol. The van der Waals surface area contributed by atoms with Crippen LogP contribution >= 0.6 is 0 Å². The molecule has 3 unspecified atom stereocenters. The molecule has 0 N–H and O–H groups in total. The number of carbonyl (C=O) groups is 1. The summed E-state index contributed by atoms with van der Waals surface area (Å²) in [6.07, 6.45) is 24.1. The zero-order valence-corrected chi connectivity index (χ0v) is 22.6. The molecule has 3 rings (SSSR count). The summed E-state index contributed by atoms with van der Waals surface area (Å²) in [5.41, 5.74) is 0. The molecular formula is C31H55FO2. The van der Waals surface area contributed by atoms with E-state index in [4.69, 9.17) is 4.74 Å². The fourth-order valence-corrected chi connectivity index (χ4v) is 7.30. The zero-order valence-electron chi connectivity index (χ0n) is 22.6. The smallest absolute Gasteiger partial charge is 0.309 e. The van der Waals surface area contributed by atoms with Crippen LogP contribution in [0.5, 0.6) is 0 Å². The lowest BCUT2D eigenvalue weighted by molar-refractivity contribution is -0.162. The Morgan fingerprint density at radius 3 is 1.85 bits per heavy atom. The van der Waals surface area contributed by atoms with E-state index in [1.165, 1.54) is 96.3 Å². The van der Waals surface area contributed by atoms with Crippen LogP contribution in [0.15, 0.2) is 0 Å². The largest absolute Gasteiger partial charge is 0.459 e. The van der Waals surface area contributed by atoms with Crippen molar-refractivity contribution in [3.63, 3.8) is 0 Å². The molecular weight excluding hydrogens is 423 g/mol. The van der Waals surface area contributed by atoms with Gasteiger partial charge in [-0.05, 0) is 81.5 Å². The number of esters is 1. The fraction of sp³-hybridized carbons (Fsp3) is 0.968. The van der Waals surface area contributed by atoms with Gasteiger partial charge in [-0.15, -0.1) is 0 Å². The van der Waals surface area contributed by atoms with Gasteiger partial charge in [0.25, 0.3) is 0 Å². The van der Waals surface area contributed by atoms with Gasteiger partial charge in [-0.25, -0.2) is 4.39 Å². The molecule has 3 aliphatic rings. The van der Waals surface area contributed by atoms with Gasteiger partial charge in [0.1, 0.15) is 12.3 Å². The molecule has 0 amide bonds. The Bertz CT molecular complexity index is 548. The molecule has 0 spiro atoms. The Morgan fingerprint density at radius 2 is 1.21 bits per heavy atom. The van der Waals surface area contributed by atoms with Gasteiger partial charge in [-0.3, -0.25) is 4.79 Å². The summed E-state index contributed by atoms with van der Waals surface area (Å²) in [5.74, 6) is 3.07. The number of ether oxygens (including phenoxy) is 1. The van der Waals surface area contributed by atoms with E-state index in [1.807, 2.05) is 0 Å². The molecule has 0 aromatic heterocycles. The van der Waals surface area contributed by atoms with Gasteiger partial charge in [0.2, 0.25) is 0 Å². The molecule has 3 saturated carbocycles. The maximum absolute atomic E-state index is 14.7. The predicted molar refractivity (Wildman–Crippen MR) is 141 cm³/mol. The fourth-order valence-electron chi connectivity index (χ4n) is 7.30. The summed E-state index contributed by atoms with van der Waals surface area (Å²) in [6, 6.07) is 0. The summed E-state index contributed by atoms with van der Waals surface area (Å²) in [4.78, 5) is 12.8. The summed E-state index contributed by atoms with van der Waals surface area (Å²) < 4.78 is 20.5. The third kappa shape index (κ3) is 9.12. The van der Waals surface area contributed by atoms with E-state index in [9.17, 15) is 9.18 Å². The van der Waals surface area contributed by atoms with Crippen LogP contribution in [0.4, 0.5) is 4.39 Å². The Labute approximate surface area is 210 Å².